The van der Waals surface area contributed by atoms with Gasteiger partial charge in [0.15, 0.2) is 0 Å². The first-order valence-corrected chi connectivity index (χ1v) is 6.63. The fraction of sp³-hybridized carbons (Fsp3) is 0.643. The van der Waals surface area contributed by atoms with Gasteiger partial charge in [-0.25, -0.2) is 0 Å². The minimum Gasteiger partial charge on any atom is -0.335 e. The Balaban J connectivity index is 3.39. The second-order valence-electron chi connectivity index (χ2n) is 6.38. The molecule has 0 spiro atoms. The van der Waals surface area contributed by atoms with Crippen molar-refractivity contribution in [2.45, 2.75) is 50.6 Å². The summed E-state index contributed by atoms with van der Waals surface area (Å²) in [5.41, 5.74) is -0.385. The third-order valence-electron chi connectivity index (χ3n) is 3.66. The van der Waals surface area contributed by atoms with Crippen molar-refractivity contribution in [3.63, 3.8) is 0 Å². The molecule has 1 amide bonds. The summed E-state index contributed by atoms with van der Waals surface area (Å²) in [6.07, 6.45) is -9.96. The summed E-state index contributed by atoms with van der Waals surface area (Å²) in [5.74, 6) is -0.763. The van der Waals surface area contributed by atoms with Crippen LogP contribution in [0.4, 0.5) is 26.3 Å². The van der Waals surface area contributed by atoms with E-state index in [9.17, 15) is 31.1 Å². The van der Waals surface area contributed by atoms with Crippen LogP contribution in [0.1, 0.15) is 27.2 Å². The lowest BCUT2D eigenvalue weighted by Crippen LogP contribution is -2.57. The monoisotopic (exact) mass is 344 g/mol. The Bertz CT molecular complexity index is 553. The van der Waals surface area contributed by atoms with Gasteiger partial charge in [-0.3, -0.25) is 4.79 Å². The number of carbonyl (C=O) groups is 1. The Kier molecular flexibility index (Phi) is 4.70. The van der Waals surface area contributed by atoms with Gasteiger partial charge >= 0.3 is 12.4 Å². The molecular weight excluding hydrogens is 326 g/mol. The number of likely N-dealkylation sites (N-methyl/N-ethyl adjacent to an activating group) is 1. The molecular formula is C14H18F6N2O. The van der Waals surface area contributed by atoms with Gasteiger partial charge in [-0.2, -0.15) is 26.3 Å². The fourth-order valence-corrected chi connectivity index (χ4v) is 2.28. The first kappa shape index (κ1) is 19.5. The van der Waals surface area contributed by atoms with E-state index in [-0.39, 0.29) is 6.08 Å². The van der Waals surface area contributed by atoms with E-state index in [0.29, 0.717) is 6.08 Å². The van der Waals surface area contributed by atoms with Crippen molar-refractivity contribution in [1.82, 2.24) is 4.90 Å². The molecule has 0 radical (unpaired) electrons. The van der Waals surface area contributed by atoms with Crippen LogP contribution in [0.15, 0.2) is 23.3 Å². The summed E-state index contributed by atoms with van der Waals surface area (Å²) >= 11 is 0. The van der Waals surface area contributed by atoms with Gasteiger partial charge in [0.2, 0.25) is 5.91 Å². The van der Waals surface area contributed by atoms with Crippen LogP contribution in [0.3, 0.4) is 0 Å². The highest BCUT2D eigenvalue weighted by molar-refractivity contribution is 5.86. The molecule has 0 saturated heterocycles. The van der Waals surface area contributed by atoms with Gasteiger partial charge < -0.3 is 10.6 Å². The second kappa shape index (κ2) is 5.54. The Morgan fingerprint density at radius 1 is 1.17 bits per heavy atom. The smallest absolute Gasteiger partial charge is 0.335 e. The van der Waals surface area contributed by atoms with Gasteiger partial charge in [0, 0.05) is 19.0 Å². The highest BCUT2D eigenvalue weighted by atomic mass is 19.4. The molecule has 0 bridgehead atoms. The van der Waals surface area contributed by atoms with E-state index >= 15 is 0 Å². The maximum absolute atomic E-state index is 13.0. The van der Waals surface area contributed by atoms with Gasteiger partial charge in [-0.1, -0.05) is 0 Å². The van der Waals surface area contributed by atoms with Crippen LogP contribution in [0.25, 0.3) is 0 Å². The van der Waals surface area contributed by atoms with Crippen LogP contribution in [0.5, 0.6) is 0 Å². The van der Waals surface area contributed by atoms with Crippen molar-refractivity contribution in [1.29, 1.82) is 0 Å². The molecule has 1 aliphatic carbocycles. The third-order valence-corrected chi connectivity index (χ3v) is 3.66. The van der Waals surface area contributed by atoms with Crippen LogP contribution < -0.4 is 5.73 Å². The van der Waals surface area contributed by atoms with Gasteiger partial charge in [0.25, 0.3) is 0 Å². The summed E-state index contributed by atoms with van der Waals surface area (Å²) in [4.78, 5) is 13.0. The molecule has 0 aromatic heterocycles. The number of carbonyl (C=O) groups excluding carboxylic acids is 1. The zero-order valence-corrected chi connectivity index (χ0v) is 13.1. The van der Waals surface area contributed by atoms with E-state index in [2.05, 4.69) is 0 Å². The average molecular weight is 344 g/mol. The average Bonchev–Trinajstić information content (AvgIpc) is 2.33. The number of halogens is 6. The molecule has 1 atom stereocenters. The van der Waals surface area contributed by atoms with E-state index < -0.39 is 46.9 Å². The minimum absolute atomic E-state index is 0.0770. The van der Waals surface area contributed by atoms with Crippen LogP contribution in [0.2, 0.25) is 0 Å². The molecule has 23 heavy (non-hydrogen) atoms. The standard InChI is InChI=1S/C14H18F6N2O/c1-11(2,21)10(23)22(4)12(3)6-8(13(15,16)17)5-9(7-12)14(18,19)20/h5-6H,7,21H2,1-4H3. The SMILES string of the molecule is CN(C(=O)C(C)(C)N)C1(C)C=C(C(F)(F)F)C=C(C(F)(F)F)C1. The largest absolute Gasteiger partial charge is 0.416 e. The molecule has 0 aromatic carbocycles. The van der Waals surface area contributed by atoms with Crippen molar-refractivity contribution in [3.05, 3.63) is 23.3 Å². The highest BCUT2D eigenvalue weighted by Crippen LogP contribution is 2.43. The van der Waals surface area contributed by atoms with E-state index in [4.69, 9.17) is 5.73 Å². The number of nitrogens with zero attached hydrogens (tertiary/aromatic N) is 1. The van der Waals surface area contributed by atoms with E-state index in [1.807, 2.05) is 0 Å². The van der Waals surface area contributed by atoms with Crippen LogP contribution in [-0.2, 0) is 4.79 Å². The number of hydrogen-bond acceptors (Lipinski definition) is 2. The molecule has 3 nitrogen and oxygen atoms in total. The lowest BCUT2D eigenvalue weighted by Gasteiger charge is -2.42. The summed E-state index contributed by atoms with van der Waals surface area (Å²) in [6.45, 7) is 3.79. The predicted octanol–water partition coefficient (Wildman–Crippen LogP) is 3.32. The number of alkyl halides is 6. The number of nitrogens with two attached hydrogens (primary N) is 1. The van der Waals surface area contributed by atoms with Crippen molar-refractivity contribution in [2.75, 3.05) is 7.05 Å². The highest BCUT2D eigenvalue weighted by Gasteiger charge is 2.48. The Morgan fingerprint density at radius 2 is 1.65 bits per heavy atom. The molecule has 0 saturated carbocycles. The quantitative estimate of drug-likeness (QED) is 0.781. The molecule has 0 aromatic rings. The van der Waals surface area contributed by atoms with E-state index in [0.717, 1.165) is 18.9 Å². The topological polar surface area (TPSA) is 46.3 Å². The van der Waals surface area contributed by atoms with Crippen LogP contribution in [-0.4, -0.2) is 41.3 Å². The molecule has 2 N–H and O–H groups in total. The zero-order valence-electron chi connectivity index (χ0n) is 13.1. The molecule has 9 heteroatoms. The first-order chi connectivity index (χ1) is 9.98. The Hall–Kier alpha value is -1.51. The molecule has 0 heterocycles. The maximum atomic E-state index is 13.0. The van der Waals surface area contributed by atoms with Crippen molar-refractivity contribution >= 4 is 5.91 Å². The van der Waals surface area contributed by atoms with Gasteiger partial charge in [-0.05, 0) is 32.9 Å². The Morgan fingerprint density at radius 3 is 2.00 bits per heavy atom. The first-order valence-electron chi connectivity index (χ1n) is 6.63. The number of hydrogen-bond donors (Lipinski definition) is 1. The molecule has 1 rings (SSSR count). The van der Waals surface area contributed by atoms with Gasteiger partial charge in [0.1, 0.15) is 0 Å². The summed E-state index contributed by atoms with van der Waals surface area (Å²) in [7, 11) is 1.14. The third kappa shape index (κ3) is 4.27. The summed E-state index contributed by atoms with van der Waals surface area (Å²) < 4.78 is 77.7. The fourth-order valence-electron chi connectivity index (χ4n) is 2.28. The number of amides is 1. The lowest BCUT2D eigenvalue weighted by atomic mass is 9.82. The van der Waals surface area contributed by atoms with Crippen molar-refractivity contribution in [2.24, 2.45) is 5.73 Å². The van der Waals surface area contributed by atoms with E-state index in [1.165, 1.54) is 13.8 Å². The zero-order chi connectivity index (χ0) is 18.4. The van der Waals surface area contributed by atoms with Gasteiger partial charge in [0.05, 0.1) is 16.7 Å². The number of rotatable bonds is 2. The second-order valence-corrected chi connectivity index (χ2v) is 6.38. The predicted molar refractivity (Wildman–Crippen MR) is 72.3 cm³/mol. The Labute approximate surface area is 129 Å². The minimum atomic E-state index is -4.96. The van der Waals surface area contributed by atoms with Gasteiger partial charge in [-0.15, -0.1) is 0 Å². The maximum Gasteiger partial charge on any atom is 0.416 e. The van der Waals surface area contributed by atoms with Crippen LogP contribution in [0, 0.1) is 0 Å². The summed E-state index contributed by atoms with van der Waals surface area (Å²) in [5, 5.41) is 0. The molecule has 1 unspecified atom stereocenters. The molecule has 0 aliphatic heterocycles. The van der Waals surface area contributed by atoms with Crippen molar-refractivity contribution < 1.29 is 31.1 Å². The lowest BCUT2D eigenvalue weighted by molar-refractivity contribution is -0.140. The van der Waals surface area contributed by atoms with Crippen LogP contribution >= 0.6 is 0 Å². The molecule has 1 aliphatic rings. The molecule has 0 fully saturated rings. The summed E-state index contributed by atoms with van der Waals surface area (Å²) in [6, 6.07) is 0. The van der Waals surface area contributed by atoms with Crippen molar-refractivity contribution in [3.8, 4) is 0 Å². The normalized spacial score (nSPS) is 23.3. The van der Waals surface area contributed by atoms with E-state index in [1.54, 1.807) is 0 Å². The number of allylic oxidation sites excluding steroid dienone is 2. The molecule has 132 valence electrons.